The third-order valence-corrected chi connectivity index (χ3v) is 4.55. The minimum absolute atomic E-state index is 0. The minimum Gasteiger partial charge on any atom is -0.345 e. The van der Waals surface area contributed by atoms with Crippen LogP contribution in [0.25, 0.3) is 11.2 Å². The number of aromatic nitrogens is 3. The van der Waals surface area contributed by atoms with Crippen molar-refractivity contribution in [3.63, 3.8) is 0 Å². The lowest BCUT2D eigenvalue weighted by Gasteiger charge is -2.21. The SMILES string of the molecule is CC[C@@H]1C[C@H](C)C[C@@H]1C(=N)n1c(=N)cnc2[nH]ccc21.[HH]. The maximum atomic E-state index is 8.61. The Balaban J connectivity index is 0.00000161. The first kappa shape index (κ1) is 13.1. The second-order valence-corrected chi connectivity index (χ2v) is 5.93. The zero-order valence-corrected chi connectivity index (χ0v) is 12.0. The molecule has 1 saturated carbocycles. The quantitative estimate of drug-likeness (QED) is 0.570. The lowest BCUT2D eigenvalue weighted by atomic mass is 9.92. The van der Waals surface area contributed by atoms with E-state index in [9.17, 15) is 0 Å². The summed E-state index contributed by atoms with van der Waals surface area (Å²) < 4.78 is 1.74. The van der Waals surface area contributed by atoms with Gasteiger partial charge in [-0.1, -0.05) is 20.3 Å². The van der Waals surface area contributed by atoms with Crippen LogP contribution < -0.4 is 5.49 Å². The molecule has 0 radical (unpaired) electrons. The fourth-order valence-electron chi connectivity index (χ4n) is 3.56. The van der Waals surface area contributed by atoms with Gasteiger partial charge >= 0.3 is 0 Å². The Morgan fingerprint density at radius 3 is 3.10 bits per heavy atom. The number of rotatable bonds is 2. The summed E-state index contributed by atoms with van der Waals surface area (Å²) in [7, 11) is 0. The maximum absolute atomic E-state index is 8.61. The second kappa shape index (κ2) is 4.89. The Bertz CT molecular complexity index is 701. The van der Waals surface area contributed by atoms with Crippen LogP contribution in [0.3, 0.4) is 0 Å². The van der Waals surface area contributed by atoms with Gasteiger partial charge in [-0.05, 0) is 30.7 Å². The van der Waals surface area contributed by atoms with Crippen LogP contribution in [0.5, 0.6) is 0 Å². The summed E-state index contributed by atoms with van der Waals surface area (Å²) in [6.45, 7) is 4.47. The molecule has 2 aromatic heterocycles. The highest BCUT2D eigenvalue weighted by Gasteiger charge is 2.34. The molecule has 0 unspecified atom stereocenters. The third kappa shape index (κ3) is 1.97. The fraction of sp³-hybridized carbons (Fsp3) is 0.533. The summed E-state index contributed by atoms with van der Waals surface area (Å²) in [6, 6.07) is 1.90. The number of H-pyrrole nitrogens is 1. The topological polar surface area (TPSA) is 81.3 Å². The van der Waals surface area contributed by atoms with Crippen LogP contribution in [0, 0.1) is 28.6 Å². The Kier molecular flexibility index (Phi) is 3.20. The summed E-state index contributed by atoms with van der Waals surface area (Å²) in [6.07, 6.45) is 6.69. The van der Waals surface area contributed by atoms with Gasteiger partial charge in [-0.3, -0.25) is 15.4 Å². The monoisotopic (exact) mass is 273 g/mol. The van der Waals surface area contributed by atoms with Gasteiger partial charge in [-0.2, -0.15) is 0 Å². The second-order valence-electron chi connectivity index (χ2n) is 5.93. The summed E-state index contributed by atoms with van der Waals surface area (Å²) in [4.78, 5) is 7.26. The van der Waals surface area contributed by atoms with Gasteiger partial charge in [0.05, 0.1) is 11.7 Å². The first-order valence-corrected chi connectivity index (χ1v) is 7.30. The van der Waals surface area contributed by atoms with Crippen LogP contribution in [0.2, 0.25) is 0 Å². The van der Waals surface area contributed by atoms with E-state index in [0.29, 0.717) is 17.7 Å². The summed E-state index contributed by atoms with van der Waals surface area (Å²) >= 11 is 0. The van der Waals surface area contributed by atoms with Gasteiger partial charge in [0.1, 0.15) is 11.3 Å². The van der Waals surface area contributed by atoms with Gasteiger partial charge in [-0.25, -0.2) is 4.98 Å². The normalized spacial score (nSPS) is 26.2. The molecule has 0 bridgehead atoms. The molecule has 0 amide bonds. The van der Waals surface area contributed by atoms with E-state index >= 15 is 0 Å². The smallest absolute Gasteiger partial charge is 0.154 e. The van der Waals surface area contributed by atoms with E-state index < -0.39 is 0 Å². The predicted molar refractivity (Wildman–Crippen MR) is 80.8 cm³/mol. The van der Waals surface area contributed by atoms with E-state index in [1.807, 2.05) is 12.3 Å². The van der Waals surface area contributed by atoms with Crippen LogP contribution in [0.1, 0.15) is 34.5 Å². The molecule has 1 fully saturated rings. The highest BCUT2D eigenvalue weighted by molar-refractivity contribution is 5.91. The lowest BCUT2D eigenvalue weighted by molar-refractivity contribution is 0.452. The van der Waals surface area contributed by atoms with Gasteiger partial charge in [0, 0.05) is 13.5 Å². The van der Waals surface area contributed by atoms with Crippen LogP contribution >= 0.6 is 0 Å². The lowest BCUT2D eigenvalue weighted by Crippen LogP contribution is -2.33. The van der Waals surface area contributed by atoms with Gasteiger partial charge in [0.15, 0.2) is 5.65 Å². The summed E-state index contributed by atoms with van der Waals surface area (Å²) in [5.74, 6) is 2.04. The third-order valence-electron chi connectivity index (χ3n) is 4.55. The van der Waals surface area contributed by atoms with Crippen LogP contribution in [-0.4, -0.2) is 20.4 Å². The average molecular weight is 273 g/mol. The Labute approximate surface area is 119 Å². The van der Waals surface area contributed by atoms with Crippen LogP contribution in [0.15, 0.2) is 18.5 Å². The number of hydrogen-bond acceptors (Lipinski definition) is 3. The molecule has 0 spiro atoms. The van der Waals surface area contributed by atoms with E-state index in [2.05, 4.69) is 23.8 Å². The Morgan fingerprint density at radius 2 is 2.35 bits per heavy atom. The van der Waals surface area contributed by atoms with Crippen molar-refractivity contribution in [2.75, 3.05) is 0 Å². The first-order chi connectivity index (χ1) is 9.61. The van der Waals surface area contributed by atoms with Crippen molar-refractivity contribution < 1.29 is 1.43 Å². The molecule has 0 aliphatic heterocycles. The number of nitrogens with one attached hydrogen (secondary N) is 3. The van der Waals surface area contributed by atoms with E-state index in [0.717, 1.165) is 24.0 Å². The molecule has 1 aliphatic rings. The molecule has 3 rings (SSSR count). The molecule has 1 aliphatic carbocycles. The van der Waals surface area contributed by atoms with Crippen molar-refractivity contribution in [3.8, 4) is 0 Å². The van der Waals surface area contributed by atoms with Crippen LogP contribution in [-0.2, 0) is 0 Å². The van der Waals surface area contributed by atoms with Gasteiger partial charge in [-0.15, -0.1) is 0 Å². The molecule has 3 N–H and O–H groups in total. The van der Waals surface area contributed by atoms with Crippen molar-refractivity contribution in [1.29, 1.82) is 10.8 Å². The summed E-state index contributed by atoms with van der Waals surface area (Å²) in [5, 5.41) is 16.7. The molecule has 0 aromatic carbocycles. The van der Waals surface area contributed by atoms with Crippen molar-refractivity contribution >= 4 is 17.0 Å². The Morgan fingerprint density at radius 1 is 1.55 bits per heavy atom. The van der Waals surface area contributed by atoms with Crippen molar-refractivity contribution in [2.45, 2.75) is 33.1 Å². The zero-order chi connectivity index (χ0) is 14.3. The zero-order valence-electron chi connectivity index (χ0n) is 12.0. The fourth-order valence-corrected chi connectivity index (χ4v) is 3.56. The molecule has 2 aromatic rings. The molecule has 3 atom stereocenters. The molecular formula is C15H23N5. The number of fused-ring (bicyclic) bond motifs is 1. The Hall–Kier alpha value is -1.91. The maximum Gasteiger partial charge on any atom is 0.154 e. The molecule has 5 nitrogen and oxygen atoms in total. The predicted octanol–water partition coefficient (Wildman–Crippen LogP) is 2.99. The highest BCUT2D eigenvalue weighted by atomic mass is 15.1. The van der Waals surface area contributed by atoms with E-state index in [-0.39, 0.29) is 12.8 Å². The average Bonchev–Trinajstić information content (AvgIpc) is 3.03. The largest absolute Gasteiger partial charge is 0.345 e. The van der Waals surface area contributed by atoms with E-state index in [1.165, 1.54) is 12.6 Å². The van der Waals surface area contributed by atoms with Crippen molar-refractivity contribution in [1.82, 2.24) is 14.5 Å². The van der Waals surface area contributed by atoms with Gasteiger partial charge < -0.3 is 4.98 Å². The molecule has 0 saturated heterocycles. The highest BCUT2D eigenvalue weighted by Crippen LogP contribution is 2.39. The van der Waals surface area contributed by atoms with E-state index in [1.54, 1.807) is 4.57 Å². The molecule has 108 valence electrons. The van der Waals surface area contributed by atoms with Crippen LogP contribution in [0.4, 0.5) is 0 Å². The van der Waals surface area contributed by atoms with Gasteiger partial charge in [0.2, 0.25) is 0 Å². The molecular weight excluding hydrogens is 250 g/mol. The number of aromatic amines is 1. The molecule has 2 heterocycles. The van der Waals surface area contributed by atoms with Crippen molar-refractivity contribution in [3.05, 3.63) is 23.9 Å². The van der Waals surface area contributed by atoms with Gasteiger partial charge in [0.25, 0.3) is 0 Å². The first-order valence-electron chi connectivity index (χ1n) is 7.30. The van der Waals surface area contributed by atoms with Crippen molar-refractivity contribution in [2.24, 2.45) is 17.8 Å². The summed E-state index contributed by atoms with van der Waals surface area (Å²) in [5.41, 5.74) is 1.86. The standard InChI is InChI=1S/C15H21N5.H2/c1-3-10-6-9(2)7-11(10)14(17)20-12-4-5-18-15(12)19-8-13(20)16;/h4-5,8-11,16-18H,3,6-7H2,1-2H3;1H/t9-,10+,11-;/m0./s1. The molecule has 5 heteroatoms. The van der Waals surface area contributed by atoms with E-state index in [4.69, 9.17) is 10.8 Å². The minimum atomic E-state index is 0. The molecule has 20 heavy (non-hydrogen) atoms. The number of hydrogen-bond donors (Lipinski definition) is 3. The number of nitrogens with zero attached hydrogens (tertiary/aromatic N) is 2.